The van der Waals surface area contributed by atoms with E-state index in [0.717, 1.165) is 16.1 Å². The molecule has 33 heavy (non-hydrogen) atoms. The fourth-order valence-electron chi connectivity index (χ4n) is 4.16. The molecule has 0 aliphatic rings. The predicted molar refractivity (Wildman–Crippen MR) is 147 cm³/mol. The number of hydrogen-bond donors (Lipinski definition) is 1. The van der Waals surface area contributed by atoms with Crippen molar-refractivity contribution in [3.8, 4) is 0 Å². The lowest BCUT2D eigenvalue weighted by molar-refractivity contribution is -0.114. The molecule has 2 aromatic carbocycles. The van der Waals surface area contributed by atoms with Gasteiger partial charge >= 0.3 is 0 Å². The number of rotatable bonds is 14. The first-order chi connectivity index (χ1) is 15.9. The van der Waals surface area contributed by atoms with E-state index in [1.54, 1.807) is 0 Å². The molecular weight excluding hydrogens is 445 g/mol. The van der Waals surface area contributed by atoms with Gasteiger partial charge in [-0.15, -0.1) is 0 Å². The fraction of sp³-hybridized carbons (Fsp3) is 0.500. The third kappa shape index (κ3) is 9.63. The summed E-state index contributed by atoms with van der Waals surface area (Å²) >= 11 is 1.23. The number of amides is 1. The van der Waals surface area contributed by atoms with Crippen LogP contribution in [0.1, 0.15) is 82.1 Å². The molecule has 5 heteroatoms. The van der Waals surface area contributed by atoms with Crippen molar-refractivity contribution >= 4 is 35.7 Å². The molecule has 0 bridgehead atoms. The van der Waals surface area contributed by atoms with Crippen LogP contribution in [0.4, 0.5) is 5.69 Å². The van der Waals surface area contributed by atoms with Crippen LogP contribution in [0.15, 0.2) is 53.4 Å². The minimum Gasteiger partial charge on any atom is -0.326 e. The van der Waals surface area contributed by atoms with Crippen molar-refractivity contribution in [2.75, 3.05) is 23.8 Å². The largest absolute Gasteiger partial charge is 0.326 e. The zero-order valence-corrected chi connectivity index (χ0v) is 22.6. The summed E-state index contributed by atoms with van der Waals surface area (Å²) in [7, 11) is -0.996. The average molecular weight is 487 g/mol. The number of unbranched alkanes of at least 4 members (excludes halogenated alkanes) is 3. The fourth-order valence-corrected chi connectivity index (χ4v) is 9.99. The lowest BCUT2D eigenvalue weighted by Gasteiger charge is -2.28. The van der Waals surface area contributed by atoms with Crippen LogP contribution >= 0.6 is 19.0 Å². The second-order valence-electron chi connectivity index (χ2n) is 9.02. The van der Waals surface area contributed by atoms with E-state index in [0.29, 0.717) is 0 Å². The van der Waals surface area contributed by atoms with Crippen molar-refractivity contribution < 1.29 is 9.59 Å². The zero-order valence-electron chi connectivity index (χ0n) is 20.9. The Balaban J connectivity index is 2.07. The Kier molecular flexibility index (Phi) is 12.2. The van der Waals surface area contributed by atoms with E-state index in [1.807, 2.05) is 36.4 Å². The summed E-state index contributed by atoms with van der Waals surface area (Å²) in [4.78, 5) is 24.8. The van der Waals surface area contributed by atoms with Gasteiger partial charge in [-0.05, 0) is 60.9 Å². The maximum atomic E-state index is 12.8. The van der Waals surface area contributed by atoms with Crippen LogP contribution in [-0.4, -0.2) is 29.5 Å². The molecule has 0 aromatic heterocycles. The van der Waals surface area contributed by atoms with Gasteiger partial charge in [-0.1, -0.05) is 64.3 Å². The topological polar surface area (TPSA) is 46.2 Å². The lowest BCUT2D eigenvalue weighted by Crippen LogP contribution is -2.11. The minimum absolute atomic E-state index is 0.0536. The van der Waals surface area contributed by atoms with E-state index < -0.39 is 7.26 Å². The quantitative estimate of drug-likeness (QED) is 0.215. The lowest BCUT2D eigenvalue weighted by atomic mass is 10.2. The molecule has 0 saturated heterocycles. The monoisotopic (exact) mass is 486 g/mol. The van der Waals surface area contributed by atoms with Gasteiger partial charge in [0.25, 0.3) is 0 Å². The summed E-state index contributed by atoms with van der Waals surface area (Å²) in [6.45, 7) is 8.40. The van der Waals surface area contributed by atoms with Crippen LogP contribution in [0.2, 0.25) is 0 Å². The van der Waals surface area contributed by atoms with Gasteiger partial charge in [0.2, 0.25) is 11.0 Å². The van der Waals surface area contributed by atoms with E-state index >= 15 is 0 Å². The molecule has 0 radical (unpaired) electrons. The summed E-state index contributed by atoms with van der Waals surface area (Å²) in [5, 5.41) is 2.80. The highest BCUT2D eigenvalue weighted by atomic mass is 32.2. The average Bonchev–Trinajstić information content (AvgIpc) is 2.81. The maximum absolute atomic E-state index is 12.8. The first kappa shape index (κ1) is 27.6. The van der Waals surface area contributed by atoms with E-state index in [4.69, 9.17) is 0 Å². The molecule has 1 amide bonds. The number of benzene rings is 2. The Bertz CT molecular complexity index is 843. The molecule has 2 rings (SSSR count). The maximum Gasteiger partial charge on any atom is 0.224 e. The third-order valence-electron chi connectivity index (χ3n) is 6.05. The Morgan fingerprint density at radius 3 is 1.76 bits per heavy atom. The number of carbonyl (C=O) groups is 2. The summed E-state index contributed by atoms with van der Waals surface area (Å²) in [6, 6.07) is 15.8. The van der Waals surface area contributed by atoms with Crippen molar-refractivity contribution in [3.63, 3.8) is 0 Å². The van der Waals surface area contributed by atoms with Crippen molar-refractivity contribution in [1.29, 1.82) is 0 Å². The summed E-state index contributed by atoms with van der Waals surface area (Å²) in [5.74, 6) is -0.0999. The van der Waals surface area contributed by atoms with Gasteiger partial charge < -0.3 is 5.32 Å². The van der Waals surface area contributed by atoms with E-state index in [9.17, 15) is 9.59 Å². The molecule has 0 aliphatic carbocycles. The highest BCUT2D eigenvalue weighted by Crippen LogP contribution is 2.63. The Morgan fingerprint density at radius 2 is 1.30 bits per heavy atom. The van der Waals surface area contributed by atoms with E-state index in [-0.39, 0.29) is 11.0 Å². The molecule has 0 heterocycles. The third-order valence-corrected chi connectivity index (χ3v) is 11.8. The number of carbonyl (C=O) groups excluding carboxylic acids is 2. The number of thioether (sulfide) groups is 1. The Morgan fingerprint density at radius 1 is 0.788 bits per heavy atom. The van der Waals surface area contributed by atoms with Crippen LogP contribution in [-0.2, 0) is 11.0 Å². The Hall–Kier alpha value is -1.64. The molecule has 1 N–H and O–H groups in total. The van der Waals surface area contributed by atoms with Crippen molar-refractivity contribution in [2.24, 2.45) is 0 Å². The second-order valence-corrected chi connectivity index (χ2v) is 14.4. The predicted octanol–water partition coefficient (Wildman–Crippen LogP) is 8.50. The second kappa shape index (κ2) is 14.6. The molecule has 0 atom stereocenters. The first-order valence-corrected chi connectivity index (χ1v) is 15.8. The number of anilines is 1. The van der Waals surface area contributed by atoms with E-state index in [1.165, 1.54) is 87.4 Å². The van der Waals surface area contributed by atoms with Crippen LogP contribution in [0.25, 0.3) is 0 Å². The number of nitrogens with one attached hydrogen (secondary N) is 1. The smallest absolute Gasteiger partial charge is 0.224 e. The molecular formula is C28H41NO2PS+. The van der Waals surface area contributed by atoms with Crippen molar-refractivity contribution in [2.45, 2.75) is 77.3 Å². The van der Waals surface area contributed by atoms with Crippen LogP contribution in [0.5, 0.6) is 0 Å². The molecule has 0 aliphatic heterocycles. The molecule has 0 spiro atoms. The Labute approximate surface area is 205 Å². The van der Waals surface area contributed by atoms with Crippen LogP contribution in [0.3, 0.4) is 0 Å². The highest BCUT2D eigenvalue weighted by Gasteiger charge is 2.35. The molecule has 0 saturated carbocycles. The molecule has 0 fully saturated rings. The summed E-state index contributed by atoms with van der Waals surface area (Å²) < 4.78 is 0. The van der Waals surface area contributed by atoms with Gasteiger partial charge in [-0.2, -0.15) is 0 Å². The van der Waals surface area contributed by atoms with Gasteiger partial charge in [0.05, 0.1) is 24.6 Å². The van der Waals surface area contributed by atoms with Gasteiger partial charge in [0.1, 0.15) is 0 Å². The normalized spacial score (nSPS) is 11.4. The van der Waals surface area contributed by atoms with Gasteiger partial charge in [0.15, 0.2) is 0 Å². The zero-order chi connectivity index (χ0) is 24.1. The number of hydrogen-bond acceptors (Lipinski definition) is 3. The van der Waals surface area contributed by atoms with Crippen molar-refractivity contribution in [1.82, 2.24) is 0 Å². The summed E-state index contributed by atoms with van der Waals surface area (Å²) in [6.07, 6.45) is 13.3. The molecule has 3 nitrogen and oxygen atoms in total. The van der Waals surface area contributed by atoms with E-state index in [2.05, 4.69) is 38.2 Å². The van der Waals surface area contributed by atoms with Gasteiger partial charge in [-0.3, -0.25) is 9.59 Å². The van der Waals surface area contributed by atoms with Gasteiger partial charge in [-0.25, -0.2) is 0 Å². The molecule has 2 aromatic rings. The SMILES string of the molecule is CCCC[P+](CCCC)(CCCC)Cc1ccc(C(=O)Sc2ccc(NC(C)=O)cc2)cc1. The van der Waals surface area contributed by atoms with Crippen LogP contribution in [0, 0.1) is 0 Å². The molecule has 180 valence electrons. The van der Waals surface area contributed by atoms with Crippen LogP contribution < -0.4 is 5.32 Å². The highest BCUT2D eigenvalue weighted by molar-refractivity contribution is 8.14. The van der Waals surface area contributed by atoms with Gasteiger partial charge in [0, 0.05) is 30.3 Å². The van der Waals surface area contributed by atoms with Crippen molar-refractivity contribution in [3.05, 3.63) is 59.7 Å². The standard InChI is InChI=1S/C28H40NO2PS/c1-5-8-19-32(20-9-6-2,21-10-7-3)22-24-11-13-25(14-12-24)28(31)33-27-17-15-26(16-18-27)29-23(4)30/h11-18H,5-10,19-22H2,1-4H3/p+1. The first-order valence-electron chi connectivity index (χ1n) is 12.4. The minimum atomic E-state index is -0.996. The molecule has 0 unspecified atom stereocenters. The summed E-state index contributed by atoms with van der Waals surface area (Å²) in [5.41, 5.74) is 2.88.